The van der Waals surface area contributed by atoms with E-state index in [1.165, 1.54) is 19.1 Å². The van der Waals surface area contributed by atoms with Crippen LogP contribution in [0.25, 0.3) is 5.57 Å². The molecule has 0 saturated heterocycles. The molecule has 2 N–H and O–H groups in total. The van der Waals surface area contributed by atoms with Crippen molar-refractivity contribution in [1.82, 2.24) is 9.79 Å². The summed E-state index contributed by atoms with van der Waals surface area (Å²) < 4.78 is 29.4. The first-order valence-corrected chi connectivity index (χ1v) is 7.70. The van der Waals surface area contributed by atoms with Gasteiger partial charge in [-0.1, -0.05) is 0 Å². The minimum Gasteiger partial charge on any atom is -0.481 e. The first-order chi connectivity index (χ1) is 11.7. The van der Waals surface area contributed by atoms with Gasteiger partial charge in [0, 0.05) is 31.3 Å². The molecule has 2 rings (SSSR count). The summed E-state index contributed by atoms with van der Waals surface area (Å²) in [7, 11) is -1.06. The van der Waals surface area contributed by atoms with Crippen molar-refractivity contribution >= 4 is 30.6 Å². The zero-order valence-corrected chi connectivity index (χ0v) is 14.2. The van der Waals surface area contributed by atoms with E-state index in [4.69, 9.17) is 5.11 Å². The summed E-state index contributed by atoms with van der Waals surface area (Å²) >= 11 is 0. The van der Waals surface area contributed by atoms with Crippen molar-refractivity contribution in [3.05, 3.63) is 41.4 Å². The molecule has 1 aliphatic heterocycles. The molecular formula is C16H19BF2N3O3+. The number of nitrogens with zero attached hydrogens (tertiary/aromatic N) is 2. The topological polar surface area (TPSA) is 74.3 Å². The van der Waals surface area contributed by atoms with Crippen LogP contribution in [-0.4, -0.2) is 52.7 Å². The Balaban J connectivity index is 2.53. The number of hydrogen-bond donors (Lipinski definition) is 2. The summed E-state index contributed by atoms with van der Waals surface area (Å²) in [6, 6.07) is 2.98. The molecule has 25 heavy (non-hydrogen) atoms. The lowest BCUT2D eigenvalue weighted by Crippen LogP contribution is -2.30. The van der Waals surface area contributed by atoms with E-state index in [-0.39, 0.29) is 24.2 Å². The lowest BCUT2D eigenvalue weighted by Gasteiger charge is -2.12. The molecule has 2 heterocycles. The monoisotopic (exact) mass is 350 g/mol. The second-order valence-electron chi connectivity index (χ2n) is 5.70. The molecule has 1 amide bonds. The molecule has 0 saturated carbocycles. The number of nitrogens with one attached hydrogen (secondary N) is 1. The maximum Gasteiger partial charge on any atom is 0.677 e. The number of aryl methyl sites for hydroxylation is 1. The second-order valence-corrected chi connectivity index (χ2v) is 5.70. The summed E-state index contributed by atoms with van der Waals surface area (Å²) in [5.74, 6) is -1.65. The molecule has 132 valence electrons. The average Bonchev–Trinajstić information content (AvgIpc) is 3.05. The number of aliphatic carboxylic acids is 1. The van der Waals surface area contributed by atoms with Crippen LogP contribution in [0, 0.1) is 6.92 Å². The zero-order valence-electron chi connectivity index (χ0n) is 14.2. The second kappa shape index (κ2) is 7.46. The van der Waals surface area contributed by atoms with Crippen LogP contribution >= 0.6 is 0 Å². The van der Waals surface area contributed by atoms with Crippen LogP contribution in [0.15, 0.2) is 30.0 Å². The highest BCUT2D eigenvalue weighted by molar-refractivity contribution is 6.42. The number of halogens is 2. The summed E-state index contributed by atoms with van der Waals surface area (Å²) in [4.78, 5) is 23.3. The van der Waals surface area contributed by atoms with Gasteiger partial charge in [0.25, 0.3) is 5.91 Å². The molecule has 0 aromatic carbocycles. The quantitative estimate of drug-likeness (QED) is 0.464. The van der Waals surface area contributed by atoms with Crippen molar-refractivity contribution < 1.29 is 27.9 Å². The van der Waals surface area contributed by atoms with Crippen LogP contribution in [-0.2, 0) is 9.59 Å². The van der Waals surface area contributed by atoms with Crippen LogP contribution in [0.1, 0.15) is 24.7 Å². The third kappa shape index (κ3) is 3.86. The van der Waals surface area contributed by atoms with Crippen molar-refractivity contribution in [2.45, 2.75) is 20.3 Å². The Kier molecular flexibility index (Phi) is 5.56. The lowest BCUT2D eigenvalue weighted by molar-refractivity contribution is -0.433. The van der Waals surface area contributed by atoms with Gasteiger partial charge in [-0.15, -0.1) is 0 Å². The minimum atomic E-state index is -2.80. The van der Waals surface area contributed by atoms with Crippen LogP contribution in [0.5, 0.6) is 0 Å². The van der Waals surface area contributed by atoms with Crippen LogP contribution in [0.3, 0.4) is 0 Å². The zero-order chi connectivity index (χ0) is 18.7. The summed E-state index contributed by atoms with van der Waals surface area (Å²) in [5, 5.41) is 11.2. The van der Waals surface area contributed by atoms with Gasteiger partial charge in [-0.25, -0.2) is 0 Å². The fourth-order valence-electron chi connectivity index (χ4n) is 2.61. The molecule has 0 bridgehead atoms. The van der Waals surface area contributed by atoms with Gasteiger partial charge in [-0.3, -0.25) is 18.2 Å². The fourth-order valence-corrected chi connectivity index (χ4v) is 2.61. The molecular weight excluding hydrogens is 331 g/mol. The molecule has 1 aromatic heterocycles. The Morgan fingerprint density at radius 3 is 2.48 bits per heavy atom. The fraction of sp³-hybridized carbons (Fsp3) is 0.312. The smallest absolute Gasteiger partial charge is 0.481 e. The number of carbonyl (C=O) groups is 2. The highest BCUT2D eigenvalue weighted by atomic mass is 19.2. The Labute approximate surface area is 144 Å². The largest absolute Gasteiger partial charge is 0.677 e. The molecule has 1 aliphatic rings. The number of aromatic nitrogens is 1. The molecule has 1 aromatic rings. The van der Waals surface area contributed by atoms with Gasteiger partial charge in [0.2, 0.25) is 5.70 Å². The average molecular weight is 350 g/mol. The maximum absolute atomic E-state index is 13.5. The molecule has 0 aliphatic carbocycles. The van der Waals surface area contributed by atoms with E-state index in [0.717, 1.165) is 10.2 Å². The van der Waals surface area contributed by atoms with E-state index < -0.39 is 19.3 Å². The number of carboxylic acid groups (broad SMARTS) is 1. The van der Waals surface area contributed by atoms with Gasteiger partial charge in [-0.2, -0.15) is 4.58 Å². The van der Waals surface area contributed by atoms with E-state index in [2.05, 4.69) is 5.32 Å². The van der Waals surface area contributed by atoms with Gasteiger partial charge >= 0.3 is 13.4 Å². The predicted octanol–water partition coefficient (Wildman–Crippen LogP) is 1.54. The maximum atomic E-state index is 13.5. The first kappa shape index (κ1) is 18.6. The molecule has 6 nitrogen and oxygen atoms in total. The van der Waals surface area contributed by atoms with Crippen molar-refractivity contribution in [2.24, 2.45) is 0 Å². The summed E-state index contributed by atoms with van der Waals surface area (Å²) in [6.45, 7) is 3.28. The highest BCUT2D eigenvalue weighted by Crippen LogP contribution is 2.26. The van der Waals surface area contributed by atoms with E-state index in [0.29, 0.717) is 11.4 Å². The van der Waals surface area contributed by atoms with Crippen molar-refractivity contribution in [2.75, 3.05) is 13.6 Å². The Hall–Kier alpha value is -2.71. The SMILES string of the molecule is CC1=[N+](C)/C(=C(/C(=O)NCCC(=O)O)c2ccc(C)n2B(F)F)C=C1. The van der Waals surface area contributed by atoms with Crippen LogP contribution < -0.4 is 5.32 Å². The van der Waals surface area contributed by atoms with Gasteiger partial charge in [-0.05, 0) is 19.1 Å². The van der Waals surface area contributed by atoms with Crippen molar-refractivity contribution in [3.63, 3.8) is 0 Å². The van der Waals surface area contributed by atoms with Crippen LogP contribution in [0.2, 0.25) is 0 Å². The third-order valence-corrected chi connectivity index (χ3v) is 4.05. The summed E-state index contributed by atoms with van der Waals surface area (Å²) in [6.07, 6.45) is 3.21. The number of carboxylic acids is 1. The first-order valence-electron chi connectivity index (χ1n) is 7.70. The molecule has 0 fully saturated rings. The Morgan fingerprint density at radius 1 is 1.28 bits per heavy atom. The number of carbonyl (C=O) groups excluding carboxylic acids is 1. The number of amides is 1. The molecule has 0 spiro atoms. The number of hydrogen-bond acceptors (Lipinski definition) is 2. The third-order valence-electron chi connectivity index (χ3n) is 4.05. The van der Waals surface area contributed by atoms with Gasteiger partial charge < -0.3 is 14.9 Å². The van der Waals surface area contributed by atoms with Crippen molar-refractivity contribution in [1.29, 1.82) is 0 Å². The predicted molar refractivity (Wildman–Crippen MR) is 90.7 cm³/mol. The molecule has 0 radical (unpaired) electrons. The summed E-state index contributed by atoms with van der Waals surface area (Å²) in [5.41, 5.74) is 1.82. The normalized spacial score (nSPS) is 15.6. The van der Waals surface area contributed by atoms with E-state index >= 15 is 0 Å². The highest BCUT2D eigenvalue weighted by Gasteiger charge is 2.32. The number of rotatable bonds is 6. The lowest BCUT2D eigenvalue weighted by atomic mass is 10.1. The number of likely N-dealkylation sites (N-methyl/N-ethyl adjacent to an activating group) is 1. The Morgan fingerprint density at radius 2 is 1.96 bits per heavy atom. The minimum absolute atomic E-state index is 0.0781. The Bertz CT molecular complexity index is 810. The van der Waals surface area contributed by atoms with E-state index in [1.807, 2.05) is 6.92 Å². The molecule has 0 atom stereocenters. The van der Waals surface area contributed by atoms with Gasteiger partial charge in [0.1, 0.15) is 12.6 Å². The number of allylic oxidation sites excluding steroid dienone is 2. The van der Waals surface area contributed by atoms with Gasteiger partial charge in [0.05, 0.1) is 12.1 Å². The standard InChI is InChI=1S/C16H18BF2N3O3/c1-10-4-6-12(21(10)3)15(16(25)20-9-8-14(23)24)13-7-5-11(2)22(13)17(18)19/h4-7H,8-9H2,1-3H3,(H-,20,23,24,25)/p+1. The van der Waals surface area contributed by atoms with Gasteiger partial charge in [0.15, 0.2) is 5.71 Å². The molecule has 0 unspecified atom stereocenters. The molecule has 9 heteroatoms. The van der Waals surface area contributed by atoms with Crippen LogP contribution in [0.4, 0.5) is 8.63 Å². The van der Waals surface area contributed by atoms with Crippen molar-refractivity contribution in [3.8, 4) is 0 Å². The van der Waals surface area contributed by atoms with E-state index in [1.54, 1.807) is 23.8 Å². The van der Waals surface area contributed by atoms with E-state index in [9.17, 15) is 18.2 Å².